The average molecular weight is 409 g/mol. The summed E-state index contributed by atoms with van der Waals surface area (Å²) in [6, 6.07) is 18.0. The number of carbonyl (C=O) groups excluding carboxylic acids is 2. The van der Waals surface area contributed by atoms with Gasteiger partial charge in [-0.15, -0.1) is 0 Å². The van der Waals surface area contributed by atoms with Crippen molar-refractivity contribution in [2.75, 3.05) is 11.9 Å². The van der Waals surface area contributed by atoms with Crippen LogP contribution in [0.3, 0.4) is 0 Å². The van der Waals surface area contributed by atoms with E-state index >= 15 is 0 Å². The fourth-order valence-corrected chi connectivity index (χ4v) is 3.02. The quantitative estimate of drug-likeness (QED) is 0.627. The Morgan fingerprint density at radius 3 is 2.52 bits per heavy atom. The average Bonchev–Trinajstić information content (AvgIpc) is 3.03. The molecule has 0 bridgehead atoms. The van der Waals surface area contributed by atoms with Gasteiger partial charge in [-0.2, -0.15) is 10.4 Å². The second-order valence-electron chi connectivity index (χ2n) is 6.15. The smallest absolute Gasteiger partial charge is 0.343 e. The van der Waals surface area contributed by atoms with Gasteiger partial charge in [0, 0.05) is 5.69 Å². The molecule has 0 aliphatic carbocycles. The SMILES string of the molecule is Cc1nn(-c2ccccc2)c(Cl)c1C(=O)OCC(=O)Nc1ccc(CC#N)cc1. The summed E-state index contributed by atoms with van der Waals surface area (Å²) in [5.74, 6) is -1.22. The minimum Gasteiger partial charge on any atom is -0.452 e. The van der Waals surface area contributed by atoms with Crippen LogP contribution in [0.4, 0.5) is 5.69 Å². The van der Waals surface area contributed by atoms with E-state index in [1.54, 1.807) is 31.2 Å². The first kappa shape index (κ1) is 20.1. The lowest BCUT2D eigenvalue weighted by Gasteiger charge is -2.07. The number of aryl methyl sites for hydroxylation is 1. The van der Waals surface area contributed by atoms with Gasteiger partial charge in [-0.1, -0.05) is 41.9 Å². The molecule has 1 heterocycles. The predicted octanol–water partition coefficient (Wildman–Crippen LogP) is 3.70. The van der Waals surface area contributed by atoms with E-state index in [2.05, 4.69) is 16.5 Å². The highest BCUT2D eigenvalue weighted by Crippen LogP contribution is 2.24. The highest BCUT2D eigenvalue weighted by Gasteiger charge is 2.23. The standard InChI is InChI=1S/C21H17ClN4O3/c1-14-19(20(22)26(25-14)17-5-3-2-4-6-17)21(28)29-13-18(27)24-16-9-7-15(8-10-16)11-12-23/h2-10H,11,13H2,1H3,(H,24,27). The highest BCUT2D eigenvalue weighted by molar-refractivity contribution is 6.33. The van der Waals surface area contributed by atoms with E-state index in [4.69, 9.17) is 21.6 Å². The molecular formula is C21H17ClN4O3. The largest absolute Gasteiger partial charge is 0.452 e. The van der Waals surface area contributed by atoms with E-state index < -0.39 is 18.5 Å². The Morgan fingerprint density at radius 1 is 1.17 bits per heavy atom. The fourth-order valence-electron chi connectivity index (χ4n) is 2.67. The fraction of sp³-hybridized carbons (Fsp3) is 0.143. The maximum Gasteiger partial charge on any atom is 0.343 e. The molecule has 1 N–H and O–H groups in total. The van der Waals surface area contributed by atoms with Crippen LogP contribution in [0.5, 0.6) is 0 Å². The van der Waals surface area contributed by atoms with Gasteiger partial charge in [0.25, 0.3) is 5.91 Å². The molecule has 0 aliphatic heterocycles. The summed E-state index contributed by atoms with van der Waals surface area (Å²) < 4.78 is 6.54. The van der Waals surface area contributed by atoms with Gasteiger partial charge >= 0.3 is 5.97 Å². The maximum atomic E-state index is 12.4. The number of para-hydroxylation sites is 1. The number of ether oxygens (including phenoxy) is 1. The second-order valence-corrected chi connectivity index (χ2v) is 6.51. The summed E-state index contributed by atoms with van der Waals surface area (Å²) in [6.45, 7) is 1.18. The number of halogens is 1. The van der Waals surface area contributed by atoms with Crippen molar-refractivity contribution in [2.24, 2.45) is 0 Å². The van der Waals surface area contributed by atoms with Gasteiger partial charge in [-0.05, 0) is 36.8 Å². The Labute approximate surface area is 172 Å². The van der Waals surface area contributed by atoms with Crippen LogP contribution in [-0.2, 0) is 16.0 Å². The van der Waals surface area contributed by atoms with Gasteiger partial charge in [0.2, 0.25) is 0 Å². The number of nitrogens with one attached hydrogen (secondary N) is 1. The van der Waals surface area contributed by atoms with Gasteiger partial charge in [0.05, 0.1) is 23.9 Å². The van der Waals surface area contributed by atoms with Crippen molar-refractivity contribution in [1.82, 2.24) is 9.78 Å². The van der Waals surface area contributed by atoms with Crippen molar-refractivity contribution in [2.45, 2.75) is 13.3 Å². The van der Waals surface area contributed by atoms with Crippen LogP contribution in [0, 0.1) is 18.3 Å². The number of hydrogen-bond acceptors (Lipinski definition) is 5. The number of anilines is 1. The zero-order chi connectivity index (χ0) is 20.8. The number of aromatic nitrogens is 2. The third-order valence-corrected chi connectivity index (χ3v) is 4.41. The molecule has 0 saturated heterocycles. The molecule has 0 radical (unpaired) electrons. The van der Waals surface area contributed by atoms with Gasteiger partial charge in [0.15, 0.2) is 6.61 Å². The van der Waals surface area contributed by atoms with Crippen LogP contribution >= 0.6 is 11.6 Å². The molecule has 0 fully saturated rings. The topological polar surface area (TPSA) is 97.0 Å². The summed E-state index contributed by atoms with van der Waals surface area (Å²) >= 11 is 6.32. The molecule has 0 saturated carbocycles. The van der Waals surface area contributed by atoms with Crippen molar-refractivity contribution < 1.29 is 14.3 Å². The Bertz CT molecular complexity index is 1070. The van der Waals surface area contributed by atoms with Gasteiger partial charge in [-0.25, -0.2) is 9.48 Å². The molecule has 2 aromatic carbocycles. The van der Waals surface area contributed by atoms with Crippen LogP contribution in [0.25, 0.3) is 5.69 Å². The molecule has 1 amide bonds. The van der Waals surface area contributed by atoms with Gasteiger partial charge in [-0.3, -0.25) is 4.79 Å². The Hall–Kier alpha value is -3.63. The molecule has 0 spiro atoms. The number of rotatable bonds is 6. The van der Waals surface area contributed by atoms with Crippen molar-refractivity contribution in [3.8, 4) is 11.8 Å². The summed E-state index contributed by atoms with van der Waals surface area (Å²) in [7, 11) is 0. The summed E-state index contributed by atoms with van der Waals surface area (Å²) in [6.07, 6.45) is 0.294. The minimum absolute atomic E-state index is 0.115. The van der Waals surface area contributed by atoms with Gasteiger partial charge in [0.1, 0.15) is 10.7 Å². The van der Waals surface area contributed by atoms with E-state index in [0.717, 1.165) is 5.56 Å². The molecule has 8 heteroatoms. The van der Waals surface area contributed by atoms with E-state index in [-0.39, 0.29) is 10.7 Å². The van der Waals surface area contributed by atoms with Crippen LogP contribution in [-0.4, -0.2) is 28.3 Å². The van der Waals surface area contributed by atoms with Crippen LogP contribution in [0.2, 0.25) is 5.15 Å². The molecular weight excluding hydrogens is 392 g/mol. The molecule has 0 unspecified atom stereocenters. The van der Waals surface area contributed by atoms with E-state index in [0.29, 0.717) is 23.5 Å². The second kappa shape index (κ2) is 9.04. The maximum absolute atomic E-state index is 12.4. The molecule has 0 aliphatic rings. The Morgan fingerprint density at radius 2 is 1.86 bits per heavy atom. The number of hydrogen-bond donors (Lipinski definition) is 1. The Balaban J connectivity index is 1.63. The lowest BCUT2D eigenvalue weighted by atomic mass is 10.1. The summed E-state index contributed by atoms with van der Waals surface area (Å²) in [4.78, 5) is 24.5. The highest BCUT2D eigenvalue weighted by atomic mass is 35.5. The molecule has 7 nitrogen and oxygen atoms in total. The molecule has 3 aromatic rings. The summed E-state index contributed by atoms with van der Waals surface area (Å²) in [5, 5.41) is 15.7. The number of benzene rings is 2. The van der Waals surface area contributed by atoms with Crippen molar-refractivity contribution >= 4 is 29.2 Å². The molecule has 1 aromatic heterocycles. The lowest BCUT2D eigenvalue weighted by Crippen LogP contribution is -2.21. The van der Waals surface area contributed by atoms with Crippen molar-refractivity contribution in [3.63, 3.8) is 0 Å². The van der Waals surface area contributed by atoms with E-state index in [9.17, 15) is 9.59 Å². The van der Waals surface area contributed by atoms with Crippen molar-refractivity contribution in [3.05, 3.63) is 76.6 Å². The monoisotopic (exact) mass is 408 g/mol. The molecule has 146 valence electrons. The summed E-state index contributed by atoms with van der Waals surface area (Å²) in [5.41, 5.74) is 2.61. The predicted molar refractivity (Wildman–Crippen MR) is 108 cm³/mol. The number of nitrogens with zero attached hydrogens (tertiary/aromatic N) is 3. The van der Waals surface area contributed by atoms with Crippen LogP contribution in [0.1, 0.15) is 21.6 Å². The van der Waals surface area contributed by atoms with Crippen LogP contribution in [0.15, 0.2) is 54.6 Å². The number of carbonyl (C=O) groups is 2. The van der Waals surface area contributed by atoms with Gasteiger partial charge < -0.3 is 10.1 Å². The zero-order valence-corrected chi connectivity index (χ0v) is 16.3. The molecule has 29 heavy (non-hydrogen) atoms. The van der Waals surface area contributed by atoms with E-state index in [1.807, 2.05) is 30.3 Å². The van der Waals surface area contributed by atoms with Crippen LogP contribution < -0.4 is 5.32 Å². The minimum atomic E-state index is -0.728. The first-order valence-electron chi connectivity index (χ1n) is 8.73. The number of esters is 1. The van der Waals surface area contributed by atoms with Crippen molar-refractivity contribution in [1.29, 1.82) is 5.26 Å². The zero-order valence-electron chi connectivity index (χ0n) is 15.6. The third-order valence-electron chi connectivity index (χ3n) is 4.06. The first-order valence-corrected chi connectivity index (χ1v) is 9.11. The number of nitriles is 1. The third kappa shape index (κ3) is 4.81. The van der Waals surface area contributed by atoms with E-state index in [1.165, 1.54) is 4.68 Å². The molecule has 3 rings (SSSR count). The normalized spacial score (nSPS) is 10.2. The lowest BCUT2D eigenvalue weighted by molar-refractivity contribution is -0.119. The molecule has 0 atom stereocenters. The first-order chi connectivity index (χ1) is 14.0. The number of amides is 1. The Kier molecular flexibility index (Phi) is 6.27.